The summed E-state index contributed by atoms with van der Waals surface area (Å²) in [6, 6.07) is 4.98. The second-order valence-corrected chi connectivity index (χ2v) is 9.85. The van der Waals surface area contributed by atoms with Gasteiger partial charge >= 0.3 is 0 Å². The maximum atomic E-state index is 12.8. The van der Waals surface area contributed by atoms with Gasteiger partial charge in [0.2, 0.25) is 21.8 Å². The van der Waals surface area contributed by atoms with Gasteiger partial charge in [0.15, 0.2) is 0 Å². The molecule has 2 amide bonds. The Kier molecular flexibility index (Phi) is 7.79. The Bertz CT molecular complexity index is 854. The van der Waals surface area contributed by atoms with Crippen LogP contribution in [0.2, 0.25) is 0 Å². The van der Waals surface area contributed by atoms with Gasteiger partial charge in [0, 0.05) is 47.3 Å². The number of rotatable bonds is 6. The first-order valence-corrected chi connectivity index (χ1v) is 11.2. The van der Waals surface area contributed by atoms with Crippen LogP contribution < -0.4 is 0 Å². The van der Waals surface area contributed by atoms with Gasteiger partial charge in [0.05, 0.1) is 18.0 Å². The van der Waals surface area contributed by atoms with Crippen molar-refractivity contribution >= 4 is 21.8 Å². The molecule has 1 fully saturated rings. The second kappa shape index (κ2) is 9.69. The molecule has 0 atom stereocenters. The molecule has 1 aliphatic rings. The van der Waals surface area contributed by atoms with Crippen molar-refractivity contribution in [1.82, 2.24) is 19.0 Å². The summed E-state index contributed by atoms with van der Waals surface area (Å²) in [4.78, 5) is 30.1. The summed E-state index contributed by atoms with van der Waals surface area (Å²) in [5.74, 6) is -0.190. The number of amides is 2. The average Bonchev–Trinajstić information content (AvgIpc) is 2.89. The Morgan fingerprint density at radius 2 is 1.69 bits per heavy atom. The molecule has 0 spiro atoms. The van der Waals surface area contributed by atoms with Crippen molar-refractivity contribution in [2.45, 2.75) is 25.2 Å². The van der Waals surface area contributed by atoms with Gasteiger partial charge < -0.3 is 9.80 Å². The summed E-state index contributed by atoms with van der Waals surface area (Å²) < 4.78 is 26.8. The number of hydrogen-bond acceptors (Lipinski definition) is 5. The molecule has 9 heteroatoms. The molecule has 0 aromatic heterocycles. The Morgan fingerprint density at radius 1 is 1.00 bits per heavy atom. The maximum absolute atomic E-state index is 12.8. The van der Waals surface area contributed by atoms with Crippen molar-refractivity contribution in [2.75, 3.05) is 60.4 Å². The van der Waals surface area contributed by atoms with Crippen LogP contribution in [-0.4, -0.2) is 99.6 Å². The zero-order valence-electron chi connectivity index (χ0n) is 18.0. The van der Waals surface area contributed by atoms with Gasteiger partial charge in [-0.3, -0.25) is 14.5 Å². The van der Waals surface area contributed by atoms with Gasteiger partial charge in [-0.2, -0.15) is 4.31 Å². The zero-order chi connectivity index (χ0) is 21.8. The normalized spacial score (nSPS) is 16.0. The lowest BCUT2D eigenvalue weighted by atomic mass is 10.1. The van der Waals surface area contributed by atoms with Gasteiger partial charge in [-0.05, 0) is 43.5 Å². The molecule has 1 aromatic carbocycles. The van der Waals surface area contributed by atoms with E-state index in [9.17, 15) is 18.0 Å². The number of aryl methyl sites for hydroxylation is 2. The van der Waals surface area contributed by atoms with E-state index in [1.807, 2.05) is 18.7 Å². The van der Waals surface area contributed by atoms with Crippen molar-refractivity contribution in [3.63, 3.8) is 0 Å². The first-order chi connectivity index (χ1) is 13.5. The van der Waals surface area contributed by atoms with Crippen LogP contribution in [0.1, 0.15) is 17.5 Å². The van der Waals surface area contributed by atoms with Crippen LogP contribution in [-0.2, 0) is 19.6 Å². The zero-order valence-corrected chi connectivity index (χ0v) is 18.8. The molecule has 8 nitrogen and oxygen atoms in total. The van der Waals surface area contributed by atoms with E-state index in [1.54, 1.807) is 42.1 Å². The molecular formula is C20H32N4O4S. The fourth-order valence-corrected chi connectivity index (χ4v) is 4.35. The number of benzene rings is 1. The standard InChI is InChI=1S/C20H32N4O4S/c1-16-7-8-18(13-17(16)2)29(27,28)22(5)14-20(26)24-10-6-9-23(11-12-24)15-19(25)21(3)4/h7-8,13H,6,9-12,14-15H2,1-5H3. The highest BCUT2D eigenvalue weighted by Gasteiger charge is 2.27. The molecule has 0 unspecified atom stereocenters. The fourth-order valence-electron chi connectivity index (χ4n) is 3.14. The molecule has 1 saturated heterocycles. The third kappa shape index (κ3) is 6.01. The molecule has 29 heavy (non-hydrogen) atoms. The molecule has 1 aromatic rings. The minimum atomic E-state index is -3.73. The molecule has 0 radical (unpaired) electrons. The van der Waals surface area contributed by atoms with E-state index in [1.165, 1.54) is 7.05 Å². The van der Waals surface area contributed by atoms with E-state index < -0.39 is 10.0 Å². The van der Waals surface area contributed by atoms with Gasteiger partial charge in [0.25, 0.3) is 0 Å². The Labute approximate surface area is 174 Å². The Hall–Kier alpha value is -1.97. The second-order valence-electron chi connectivity index (χ2n) is 7.81. The summed E-state index contributed by atoms with van der Waals surface area (Å²) >= 11 is 0. The highest BCUT2D eigenvalue weighted by molar-refractivity contribution is 7.89. The molecule has 162 valence electrons. The lowest BCUT2D eigenvalue weighted by Crippen LogP contribution is -2.43. The number of carbonyl (C=O) groups is 2. The van der Waals surface area contributed by atoms with E-state index >= 15 is 0 Å². The highest BCUT2D eigenvalue weighted by atomic mass is 32.2. The van der Waals surface area contributed by atoms with Crippen LogP contribution in [0.25, 0.3) is 0 Å². The van der Waals surface area contributed by atoms with Crippen LogP contribution in [0.4, 0.5) is 0 Å². The Morgan fingerprint density at radius 3 is 2.31 bits per heavy atom. The molecule has 1 aliphatic heterocycles. The van der Waals surface area contributed by atoms with Gasteiger partial charge in [-0.25, -0.2) is 8.42 Å². The van der Waals surface area contributed by atoms with Crippen molar-refractivity contribution < 1.29 is 18.0 Å². The third-order valence-corrected chi connectivity index (χ3v) is 7.14. The summed E-state index contributed by atoms with van der Waals surface area (Å²) in [5, 5.41) is 0. The average molecular weight is 425 g/mol. The van der Waals surface area contributed by atoms with E-state index in [0.29, 0.717) is 26.2 Å². The highest BCUT2D eigenvalue weighted by Crippen LogP contribution is 2.18. The lowest BCUT2D eigenvalue weighted by molar-refractivity contribution is -0.131. The maximum Gasteiger partial charge on any atom is 0.243 e. The first-order valence-electron chi connectivity index (χ1n) is 9.76. The molecular weight excluding hydrogens is 392 g/mol. The van der Waals surface area contributed by atoms with Gasteiger partial charge in [0.1, 0.15) is 0 Å². The first kappa shape index (κ1) is 23.3. The molecule has 2 rings (SSSR count). The van der Waals surface area contributed by atoms with Crippen LogP contribution in [0, 0.1) is 13.8 Å². The molecule has 0 bridgehead atoms. The molecule has 0 saturated carbocycles. The SMILES string of the molecule is Cc1ccc(S(=O)(=O)N(C)CC(=O)N2CCCN(CC(=O)N(C)C)CC2)cc1C. The Balaban J connectivity index is 1.98. The number of likely N-dealkylation sites (N-methyl/N-ethyl adjacent to an activating group) is 2. The van der Waals surface area contributed by atoms with Gasteiger partial charge in [-0.15, -0.1) is 0 Å². The van der Waals surface area contributed by atoms with E-state index in [-0.39, 0.29) is 23.3 Å². The predicted molar refractivity (Wildman–Crippen MR) is 112 cm³/mol. The minimum absolute atomic E-state index is 0.0315. The van der Waals surface area contributed by atoms with Crippen molar-refractivity contribution in [2.24, 2.45) is 0 Å². The summed E-state index contributed by atoms with van der Waals surface area (Å²) in [7, 11) is 1.15. The van der Waals surface area contributed by atoms with Crippen molar-refractivity contribution in [3.05, 3.63) is 29.3 Å². The van der Waals surface area contributed by atoms with Crippen molar-refractivity contribution in [3.8, 4) is 0 Å². The summed E-state index contributed by atoms with van der Waals surface area (Å²) in [5.41, 5.74) is 1.91. The smallest absolute Gasteiger partial charge is 0.243 e. The van der Waals surface area contributed by atoms with Crippen molar-refractivity contribution in [1.29, 1.82) is 0 Å². The number of nitrogens with zero attached hydrogens (tertiary/aromatic N) is 4. The van der Waals surface area contributed by atoms with E-state index in [2.05, 4.69) is 0 Å². The summed E-state index contributed by atoms with van der Waals surface area (Å²) in [6.07, 6.45) is 0.750. The van der Waals surface area contributed by atoms with Crippen LogP contribution in [0.15, 0.2) is 23.1 Å². The largest absolute Gasteiger partial charge is 0.348 e. The topological polar surface area (TPSA) is 81.2 Å². The van der Waals surface area contributed by atoms with Crippen LogP contribution in [0.5, 0.6) is 0 Å². The van der Waals surface area contributed by atoms with E-state index in [4.69, 9.17) is 0 Å². The molecule has 0 N–H and O–H groups in total. The van der Waals surface area contributed by atoms with Crippen LogP contribution >= 0.6 is 0 Å². The molecule has 0 aliphatic carbocycles. The van der Waals surface area contributed by atoms with Gasteiger partial charge in [-0.1, -0.05) is 6.07 Å². The monoisotopic (exact) mass is 424 g/mol. The number of carbonyl (C=O) groups excluding carboxylic acids is 2. The quantitative estimate of drug-likeness (QED) is 0.666. The van der Waals surface area contributed by atoms with E-state index in [0.717, 1.165) is 28.4 Å². The third-order valence-electron chi connectivity index (χ3n) is 5.34. The lowest BCUT2D eigenvalue weighted by Gasteiger charge is -2.25. The number of sulfonamides is 1. The fraction of sp³-hybridized carbons (Fsp3) is 0.600. The number of hydrogen-bond donors (Lipinski definition) is 0. The van der Waals surface area contributed by atoms with Crippen LogP contribution in [0.3, 0.4) is 0 Å². The molecule has 1 heterocycles. The summed E-state index contributed by atoms with van der Waals surface area (Å²) in [6.45, 7) is 6.29. The predicted octanol–water partition coefficient (Wildman–Crippen LogP) is 0.546. The minimum Gasteiger partial charge on any atom is -0.348 e.